The summed E-state index contributed by atoms with van der Waals surface area (Å²) >= 11 is 0. The number of pyridine rings is 1. The zero-order chi connectivity index (χ0) is 12.8. The predicted octanol–water partition coefficient (Wildman–Crippen LogP) is 1.29. The van der Waals surface area contributed by atoms with Crippen LogP contribution in [0.3, 0.4) is 0 Å². The van der Waals surface area contributed by atoms with E-state index in [-0.39, 0.29) is 5.91 Å². The van der Waals surface area contributed by atoms with Gasteiger partial charge >= 0.3 is 0 Å². The Kier molecular flexibility index (Phi) is 2.21. The minimum atomic E-state index is -1.63. The average Bonchev–Trinajstić information content (AvgIpc) is 2.64. The van der Waals surface area contributed by atoms with Gasteiger partial charge < -0.3 is 5.11 Å². The van der Waals surface area contributed by atoms with Crippen LogP contribution in [0.4, 0.5) is 5.82 Å². The normalized spacial score (nSPS) is 22.1. The number of benzene rings is 1. The maximum atomic E-state index is 12.3. The third-order valence-electron chi connectivity index (χ3n) is 3.30. The lowest BCUT2D eigenvalue weighted by Crippen LogP contribution is -2.39. The molecule has 0 spiro atoms. The summed E-state index contributed by atoms with van der Waals surface area (Å²) in [5.74, 6) is 0.135. The molecular formula is C14H12N2O2. The van der Waals surface area contributed by atoms with E-state index in [9.17, 15) is 9.90 Å². The molecule has 1 amide bonds. The van der Waals surface area contributed by atoms with Gasteiger partial charge in [0.25, 0.3) is 5.91 Å². The van der Waals surface area contributed by atoms with E-state index in [4.69, 9.17) is 0 Å². The molecule has 0 bridgehead atoms. The van der Waals surface area contributed by atoms with Gasteiger partial charge in [-0.15, -0.1) is 0 Å². The molecule has 1 aliphatic rings. The zero-order valence-electron chi connectivity index (χ0n) is 9.87. The Morgan fingerprint density at radius 3 is 2.61 bits per heavy atom. The molecule has 1 aliphatic heterocycles. The molecule has 0 saturated carbocycles. The lowest BCUT2D eigenvalue weighted by molar-refractivity contribution is -0.131. The first kappa shape index (κ1) is 10.9. The van der Waals surface area contributed by atoms with Crippen LogP contribution < -0.4 is 4.90 Å². The number of hydrogen-bond acceptors (Lipinski definition) is 3. The topological polar surface area (TPSA) is 53.4 Å². The maximum Gasteiger partial charge on any atom is 0.269 e. The Hall–Kier alpha value is -2.20. The Labute approximate surface area is 105 Å². The van der Waals surface area contributed by atoms with Gasteiger partial charge in [-0.2, -0.15) is 0 Å². The highest BCUT2D eigenvalue weighted by molar-refractivity contribution is 6.07. The molecule has 0 saturated heterocycles. The second-order valence-electron chi connectivity index (χ2n) is 4.32. The fourth-order valence-electron chi connectivity index (χ4n) is 2.36. The number of anilines is 1. The van der Waals surface area contributed by atoms with Gasteiger partial charge in [-0.05, 0) is 17.7 Å². The van der Waals surface area contributed by atoms with Crippen LogP contribution in [0.25, 0.3) is 0 Å². The predicted molar refractivity (Wildman–Crippen MR) is 67.1 cm³/mol. The van der Waals surface area contributed by atoms with Crippen molar-refractivity contribution in [3.8, 4) is 0 Å². The monoisotopic (exact) mass is 240 g/mol. The molecule has 4 nitrogen and oxygen atoms in total. The minimum absolute atomic E-state index is 0.373. The van der Waals surface area contributed by atoms with Crippen molar-refractivity contribution in [1.82, 2.24) is 4.98 Å². The molecule has 3 rings (SSSR count). The fourth-order valence-corrected chi connectivity index (χ4v) is 2.36. The van der Waals surface area contributed by atoms with Crippen molar-refractivity contribution in [2.45, 2.75) is 5.60 Å². The van der Waals surface area contributed by atoms with Crippen LogP contribution in [0.15, 0.2) is 48.7 Å². The van der Waals surface area contributed by atoms with E-state index >= 15 is 0 Å². The highest BCUT2D eigenvalue weighted by Gasteiger charge is 2.50. The summed E-state index contributed by atoms with van der Waals surface area (Å²) < 4.78 is 0. The first-order chi connectivity index (χ1) is 8.65. The number of nitrogens with zero attached hydrogens (tertiary/aromatic N) is 2. The van der Waals surface area contributed by atoms with Gasteiger partial charge in [-0.3, -0.25) is 9.69 Å². The average molecular weight is 240 g/mol. The zero-order valence-corrected chi connectivity index (χ0v) is 9.87. The minimum Gasteiger partial charge on any atom is -0.372 e. The molecule has 0 aliphatic carbocycles. The van der Waals surface area contributed by atoms with Crippen LogP contribution in [0.5, 0.6) is 0 Å². The molecule has 1 aromatic carbocycles. The van der Waals surface area contributed by atoms with E-state index in [2.05, 4.69) is 4.98 Å². The van der Waals surface area contributed by atoms with E-state index in [0.29, 0.717) is 16.9 Å². The van der Waals surface area contributed by atoms with Crippen molar-refractivity contribution in [3.63, 3.8) is 0 Å². The van der Waals surface area contributed by atoms with E-state index in [1.165, 1.54) is 4.90 Å². The van der Waals surface area contributed by atoms with Crippen molar-refractivity contribution < 1.29 is 9.90 Å². The Bertz CT molecular complexity index is 612. The van der Waals surface area contributed by atoms with Crippen molar-refractivity contribution in [2.24, 2.45) is 0 Å². The Morgan fingerprint density at radius 2 is 1.89 bits per heavy atom. The molecule has 1 aromatic heterocycles. The van der Waals surface area contributed by atoms with Gasteiger partial charge in [-0.1, -0.05) is 30.3 Å². The van der Waals surface area contributed by atoms with E-state index in [0.717, 1.165) is 0 Å². The van der Waals surface area contributed by atoms with Crippen molar-refractivity contribution in [1.29, 1.82) is 0 Å². The molecule has 4 heteroatoms. The molecule has 1 unspecified atom stereocenters. The van der Waals surface area contributed by atoms with Crippen LogP contribution in [0.2, 0.25) is 0 Å². The van der Waals surface area contributed by atoms with Crippen LogP contribution in [-0.4, -0.2) is 23.0 Å². The number of carbonyl (C=O) groups is 1. The number of hydrogen-bond donors (Lipinski definition) is 1. The van der Waals surface area contributed by atoms with Crippen LogP contribution in [0.1, 0.15) is 11.1 Å². The van der Waals surface area contributed by atoms with Crippen LogP contribution in [0, 0.1) is 0 Å². The first-order valence-electron chi connectivity index (χ1n) is 5.67. The molecular weight excluding hydrogens is 228 g/mol. The molecule has 90 valence electrons. The lowest BCUT2D eigenvalue weighted by atomic mass is 9.88. The number of fused-ring (bicyclic) bond motifs is 1. The summed E-state index contributed by atoms with van der Waals surface area (Å²) in [5, 5.41) is 10.8. The number of aliphatic hydroxyl groups is 1. The second kappa shape index (κ2) is 3.65. The molecule has 1 N–H and O–H groups in total. The molecule has 1 atom stereocenters. The van der Waals surface area contributed by atoms with Gasteiger partial charge in [0, 0.05) is 18.8 Å². The summed E-state index contributed by atoms with van der Waals surface area (Å²) in [7, 11) is 1.62. The van der Waals surface area contributed by atoms with Crippen molar-refractivity contribution in [2.75, 3.05) is 11.9 Å². The van der Waals surface area contributed by atoms with E-state index in [1.54, 1.807) is 49.6 Å². The third kappa shape index (κ3) is 1.23. The highest BCUT2D eigenvalue weighted by atomic mass is 16.3. The van der Waals surface area contributed by atoms with Crippen LogP contribution in [-0.2, 0) is 10.4 Å². The van der Waals surface area contributed by atoms with E-state index in [1.807, 2.05) is 6.07 Å². The summed E-state index contributed by atoms with van der Waals surface area (Å²) in [5.41, 5.74) is -0.531. The smallest absolute Gasteiger partial charge is 0.269 e. The third-order valence-corrected chi connectivity index (χ3v) is 3.30. The standard InChI is InChI=1S/C14H12N2O2/c1-16-12-11(8-5-9-15-12)14(18,13(16)17)10-6-3-2-4-7-10/h2-9,18H,1H3. The largest absolute Gasteiger partial charge is 0.372 e. The fraction of sp³-hybridized carbons (Fsp3) is 0.143. The summed E-state index contributed by atoms with van der Waals surface area (Å²) in [6.07, 6.45) is 1.61. The molecule has 0 fully saturated rings. The number of carbonyl (C=O) groups excluding carboxylic acids is 1. The highest BCUT2D eigenvalue weighted by Crippen LogP contribution is 2.42. The number of likely N-dealkylation sites (N-methyl/N-ethyl adjacent to an activating group) is 1. The summed E-state index contributed by atoms with van der Waals surface area (Å²) in [6.45, 7) is 0. The van der Waals surface area contributed by atoms with Gasteiger partial charge in [0.15, 0.2) is 5.60 Å². The van der Waals surface area contributed by atoms with Crippen LogP contribution >= 0.6 is 0 Å². The Balaban J connectivity index is 2.27. The second-order valence-corrected chi connectivity index (χ2v) is 4.32. The maximum absolute atomic E-state index is 12.3. The summed E-state index contributed by atoms with van der Waals surface area (Å²) in [4.78, 5) is 17.9. The van der Waals surface area contributed by atoms with Gasteiger partial charge in [0.2, 0.25) is 0 Å². The lowest BCUT2D eigenvalue weighted by Gasteiger charge is -2.21. The molecule has 2 heterocycles. The van der Waals surface area contributed by atoms with Gasteiger partial charge in [-0.25, -0.2) is 4.98 Å². The first-order valence-corrected chi connectivity index (χ1v) is 5.67. The SMILES string of the molecule is CN1C(=O)C(O)(c2ccccc2)c2cccnc21. The Morgan fingerprint density at radius 1 is 1.17 bits per heavy atom. The van der Waals surface area contributed by atoms with Crippen molar-refractivity contribution >= 4 is 11.7 Å². The molecule has 2 aromatic rings. The van der Waals surface area contributed by atoms with Crippen molar-refractivity contribution in [3.05, 3.63) is 59.8 Å². The van der Waals surface area contributed by atoms with Gasteiger partial charge in [0.05, 0.1) is 0 Å². The van der Waals surface area contributed by atoms with E-state index < -0.39 is 5.60 Å². The number of amides is 1. The molecule has 0 radical (unpaired) electrons. The van der Waals surface area contributed by atoms with Gasteiger partial charge in [0.1, 0.15) is 5.82 Å². The number of aromatic nitrogens is 1. The summed E-state index contributed by atoms with van der Waals surface area (Å²) in [6, 6.07) is 12.4. The molecule has 18 heavy (non-hydrogen) atoms. The number of rotatable bonds is 1. The quantitative estimate of drug-likeness (QED) is 0.817.